The first-order chi connectivity index (χ1) is 10.3. The Morgan fingerprint density at radius 1 is 1.29 bits per heavy atom. The molecule has 0 amide bonds. The Bertz CT molecular complexity index is 651. The first kappa shape index (κ1) is 13.6. The van der Waals surface area contributed by atoms with Gasteiger partial charge in [-0.3, -0.25) is 0 Å². The van der Waals surface area contributed by atoms with Gasteiger partial charge in [-0.05, 0) is 24.5 Å². The smallest absolute Gasteiger partial charge is 0.225 e. The van der Waals surface area contributed by atoms with Gasteiger partial charge >= 0.3 is 0 Å². The van der Waals surface area contributed by atoms with Crippen molar-refractivity contribution in [3.05, 3.63) is 59.8 Å². The van der Waals surface area contributed by atoms with Crippen LogP contribution >= 0.6 is 0 Å². The fraction of sp³-hybridized carbons (Fsp3) is 0.294. The lowest BCUT2D eigenvalue weighted by molar-refractivity contribution is 0.719. The molecule has 0 spiro atoms. The van der Waals surface area contributed by atoms with Gasteiger partial charge in [-0.1, -0.05) is 30.3 Å². The maximum absolute atomic E-state index is 4.62. The van der Waals surface area contributed by atoms with Crippen LogP contribution in [0.15, 0.2) is 43.0 Å². The summed E-state index contributed by atoms with van der Waals surface area (Å²) in [6.07, 6.45) is 2.87. The molecule has 4 heteroatoms. The molecule has 2 heterocycles. The molecular formula is C17H20N4. The van der Waals surface area contributed by atoms with Crippen LogP contribution in [0, 0.1) is 6.92 Å². The quantitative estimate of drug-likeness (QED) is 0.874. The molecule has 0 saturated carbocycles. The van der Waals surface area contributed by atoms with Crippen LogP contribution in [0.2, 0.25) is 0 Å². The van der Waals surface area contributed by atoms with Crippen LogP contribution in [0.3, 0.4) is 0 Å². The fourth-order valence-electron chi connectivity index (χ4n) is 2.65. The van der Waals surface area contributed by atoms with Crippen LogP contribution in [0.1, 0.15) is 16.8 Å². The second-order valence-electron chi connectivity index (χ2n) is 5.30. The Morgan fingerprint density at radius 2 is 2.10 bits per heavy atom. The van der Waals surface area contributed by atoms with Gasteiger partial charge in [0.05, 0.1) is 0 Å². The summed E-state index contributed by atoms with van der Waals surface area (Å²) in [7, 11) is 0. The highest BCUT2D eigenvalue weighted by molar-refractivity contribution is 5.48. The van der Waals surface area contributed by atoms with Gasteiger partial charge < -0.3 is 10.2 Å². The summed E-state index contributed by atoms with van der Waals surface area (Å²) in [5, 5.41) is 3.17. The van der Waals surface area contributed by atoms with Crippen molar-refractivity contribution in [2.75, 3.05) is 23.3 Å². The average Bonchev–Trinajstić information content (AvgIpc) is 2.52. The van der Waals surface area contributed by atoms with Crippen molar-refractivity contribution < 1.29 is 0 Å². The number of hydrogen-bond acceptors (Lipinski definition) is 4. The molecule has 2 aromatic rings. The monoisotopic (exact) mass is 280 g/mol. The summed E-state index contributed by atoms with van der Waals surface area (Å²) >= 11 is 0. The average molecular weight is 280 g/mol. The lowest BCUT2D eigenvalue weighted by atomic mass is 10.00. The van der Waals surface area contributed by atoms with E-state index in [9.17, 15) is 0 Å². The van der Waals surface area contributed by atoms with Crippen molar-refractivity contribution in [3.63, 3.8) is 0 Å². The molecule has 0 bridgehead atoms. The number of nitrogens with zero attached hydrogens (tertiary/aromatic N) is 3. The second-order valence-corrected chi connectivity index (χ2v) is 5.30. The maximum atomic E-state index is 4.62. The van der Waals surface area contributed by atoms with Gasteiger partial charge in [-0.25, -0.2) is 4.98 Å². The number of anilines is 2. The van der Waals surface area contributed by atoms with Crippen LogP contribution in [0.25, 0.3) is 0 Å². The van der Waals surface area contributed by atoms with E-state index < -0.39 is 0 Å². The van der Waals surface area contributed by atoms with Crippen molar-refractivity contribution in [3.8, 4) is 0 Å². The van der Waals surface area contributed by atoms with Gasteiger partial charge in [-0.15, -0.1) is 6.58 Å². The number of aryl methyl sites for hydroxylation is 1. The molecule has 1 aliphatic rings. The minimum atomic E-state index is 0.670. The second kappa shape index (κ2) is 5.95. The topological polar surface area (TPSA) is 41.1 Å². The van der Waals surface area contributed by atoms with Gasteiger partial charge in [0.25, 0.3) is 0 Å². The van der Waals surface area contributed by atoms with Crippen molar-refractivity contribution in [1.29, 1.82) is 0 Å². The number of nitrogens with one attached hydrogen (secondary N) is 1. The van der Waals surface area contributed by atoms with Crippen LogP contribution in [0.4, 0.5) is 11.8 Å². The summed E-state index contributed by atoms with van der Waals surface area (Å²) < 4.78 is 0. The lowest BCUT2D eigenvalue weighted by Crippen LogP contribution is -2.31. The Labute approximate surface area is 125 Å². The molecule has 1 aliphatic heterocycles. The van der Waals surface area contributed by atoms with E-state index in [0.29, 0.717) is 12.5 Å². The van der Waals surface area contributed by atoms with Crippen LogP contribution in [-0.4, -0.2) is 23.1 Å². The summed E-state index contributed by atoms with van der Waals surface area (Å²) in [4.78, 5) is 11.4. The number of hydrogen-bond donors (Lipinski definition) is 1. The maximum Gasteiger partial charge on any atom is 0.225 e. The van der Waals surface area contributed by atoms with E-state index in [2.05, 4.69) is 51.0 Å². The van der Waals surface area contributed by atoms with E-state index in [4.69, 9.17) is 0 Å². The van der Waals surface area contributed by atoms with Crippen LogP contribution in [-0.2, 0) is 13.0 Å². The SMILES string of the molecule is C=CCNc1nc(C)cc(N2CCc3ccccc3C2)n1. The van der Waals surface area contributed by atoms with Gasteiger partial charge in [0.1, 0.15) is 5.82 Å². The Hall–Kier alpha value is -2.36. The highest BCUT2D eigenvalue weighted by Gasteiger charge is 2.17. The predicted octanol–water partition coefficient (Wildman–Crippen LogP) is 2.95. The standard InChI is InChI=1S/C17H20N4/c1-3-9-18-17-19-13(2)11-16(20-17)21-10-8-14-6-4-5-7-15(14)12-21/h3-7,11H,1,8-10,12H2,2H3,(H,18,19,20). The minimum absolute atomic E-state index is 0.670. The number of fused-ring (bicyclic) bond motifs is 1. The van der Waals surface area contributed by atoms with E-state index in [0.717, 1.165) is 31.0 Å². The molecule has 4 nitrogen and oxygen atoms in total. The first-order valence-electron chi connectivity index (χ1n) is 7.28. The van der Waals surface area contributed by atoms with Crippen LogP contribution in [0.5, 0.6) is 0 Å². The fourth-order valence-corrected chi connectivity index (χ4v) is 2.65. The number of aromatic nitrogens is 2. The largest absolute Gasteiger partial charge is 0.352 e. The highest BCUT2D eigenvalue weighted by atomic mass is 15.2. The van der Waals surface area contributed by atoms with E-state index in [-0.39, 0.29) is 0 Å². The van der Waals surface area contributed by atoms with Crippen molar-refractivity contribution in [2.24, 2.45) is 0 Å². The molecule has 0 unspecified atom stereocenters. The van der Waals surface area contributed by atoms with Gasteiger partial charge in [0.15, 0.2) is 0 Å². The van der Waals surface area contributed by atoms with Crippen LogP contribution < -0.4 is 10.2 Å². The molecule has 21 heavy (non-hydrogen) atoms. The number of benzene rings is 1. The lowest BCUT2D eigenvalue weighted by Gasteiger charge is -2.30. The molecule has 108 valence electrons. The molecule has 0 saturated heterocycles. The Morgan fingerprint density at radius 3 is 2.90 bits per heavy atom. The third kappa shape index (κ3) is 3.05. The molecule has 0 radical (unpaired) electrons. The van der Waals surface area contributed by atoms with E-state index in [1.54, 1.807) is 0 Å². The van der Waals surface area contributed by atoms with Crippen molar-refractivity contribution in [1.82, 2.24) is 9.97 Å². The molecule has 1 N–H and O–H groups in total. The zero-order valence-corrected chi connectivity index (χ0v) is 12.3. The molecule has 0 aliphatic carbocycles. The number of rotatable bonds is 4. The van der Waals surface area contributed by atoms with Gasteiger partial charge in [-0.2, -0.15) is 4.98 Å². The van der Waals surface area contributed by atoms with Crippen molar-refractivity contribution >= 4 is 11.8 Å². The zero-order valence-electron chi connectivity index (χ0n) is 12.3. The third-order valence-corrected chi connectivity index (χ3v) is 3.70. The summed E-state index contributed by atoms with van der Waals surface area (Å²) in [5.74, 6) is 1.66. The highest BCUT2D eigenvalue weighted by Crippen LogP contribution is 2.24. The van der Waals surface area contributed by atoms with Gasteiger partial charge in [0.2, 0.25) is 5.95 Å². The van der Waals surface area contributed by atoms with E-state index in [1.807, 2.05) is 19.1 Å². The molecular weight excluding hydrogens is 260 g/mol. The van der Waals surface area contributed by atoms with Gasteiger partial charge in [0, 0.05) is 31.4 Å². The summed E-state index contributed by atoms with van der Waals surface area (Å²) in [6.45, 7) is 8.29. The molecule has 0 fully saturated rings. The summed E-state index contributed by atoms with van der Waals surface area (Å²) in [5.41, 5.74) is 3.82. The Kier molecular flexibility index (Phi) is 3.86. The molecule has 1 aromatic heterocycles. The van der Waals surface area contributed by atoms with E-state index >= 15 is 0 Å². The minimum Gasteiger partial charge on any atom is -0.352 e. The third-order valence-electron chi connectivity index (χ3n) is 3.70. The zero-order chi connectivity index (χ0) is 14.7. The first-order valence-corrected chi connectivity index (χ1v) is 7.28. The molecule has 3 rings (SSSR count). The predicted molar refractivity (Wildman–Crippen MR) is 86.7 cm³/mol. The molecule has 1 aromatic carbocycles. The summed E-state index contributed by atoms with van der Waals surface area (Å²) in [6, 6.07) is 10.7. The van der Waals surface area contributed by atoms with E-state index in [1.165, 1.54) is 11.1 Å². The normalized spacial score (nSPS) is 13.7. The molecule has 0 atom stereocenters. The Balaban J connectivity index is 1.84. The van der Waals surface area contributed by atoms with Crippen molar-refractivity contribution in [2.45, 2.75) is 19.9 Å².